The molecule has 3 heterocycles. The second kappa shape index (κ2) is 9.04. The van der Waals surface area contributed by atoms with E-state index in [0.717, 1.165) is 40.9 Å². The molecule has 0 saturated carbocycles. The van der Waals surface area contributed by atoms with Crippen LogP contribution >= 0.6 is 0 Å². The molecular weight excluding hydrogens is 402 g/mol. The molecule has 32 heavy (non-hydrogen) atoms. The molecule has 0 fully saturated rings. The number of nitrogens with zero attached hydrogens (tertiary/aromatic N) is 6. The zero-order chi connectivity index (χ0) is 22.7. The van der Waals surface area contributed by atoms with Gasteiger partial charge in [0.15, 0.2) is 0 Å². The van der Waals surface area contributed by atoms with Gasteiger partial charge in [-0.15, -0.1) is 0 Å². The Labute approximate surface area is 186 Å². The molecule has 1 aromatic carbocycles. The molecule has 0 atom stereocenters. The van der Waals surface area contributed by atoms with E-state index in [1.165, 1.54) is 5.57 Å². The van der Waals surface area contributed by atoms with Gasteiger partial charge in [-0.2, -0.15) is 15.5 Å². The lowest BCUT2D eigenvalue weighted by molar-refractivity contribution is 0.430. The highest BCUT2D eigenvalue weighted by atomic mass is 16.5. The molecule has 8 nitrogen and oxygen atoms in total. The van der Waals surface area contributed by atoms with Gasteiger partial charge in [-0.25, -0.2) is 4.68 Å². The first-order valence-electron chi connectivity index (χ1n) is 10.3. The van der Waals surface area contributed by atoms with Crippen molar-refractivity contribution >= 4 is 5.71 Å². The maximum Gasteiger partial charge on any atom is 0.218 e. The summed E-state index contributed by atoms with van der Waals surface area (Å²) in [5.74, 6) is 1.12. The van der Waals surface area contributed by atoms with Gasteiger partial charge in [-0.1, -0.05) is 11.6 Å². The Morgan fingerprint density at radius 2 is 2.06 bits per heavy atom. The summed E-state index contributed by atoms with van der Waals surface area (Å²) in [7, 11) is 3.68. The Bertz CT molecular complexity index is 1280. The summed E-state index contributed by atoms with van der Waals surface area (Å²) in [5.41, 5.74) is 12.0. The molecule has 4 rings (SSSR count). The molecule has 1 aliphatic heterocycles. The monoisotopic (exact) mass is 427 g/mol. The molecule has 0 bridgehead atoms. The molecule has 1 aliphatic rings. The van der Waals surface area contributed by atoms with Crippen LogP contribution < -0.4 is 10.5 Å². The van der Waals surface area contributed by atoms with Crippen molar-refractivity contribution in [3.8, 4) is 29.0 Å². The molecule has 0 aliphatic carbocycles. The SMILES string of the molecule is C/C1=C/C(CN)=C\N=C(\c2ccc(C#N)cc2Oc2cc(-c3cnn(C)c3)nn2C)CC1. The maximum atomic E-state index is 9.43. The van der Waals surface area contributed by atoms with Gasteiger partial charge in [0.2, 0.25) is 5.88 Å². The third-order valence-electron chi connectivity index (χ3n) is 5.28. The van der Waals surface area contributed by atoms with Crippen LogP contribution in [0.1, 0.15) is 30.9 Å². The van der Waals surface area contributed by atoms with Crippen LogP contribution in [0.2, 0.25) is 0 Å². The molecule has 0 spiro atoms. The third-order valence-corrected chi connectivity index (χ3v) is 5.28. The number of nitrogens with two attached hydrogens (primary N) is 1. The summed E-state index contributed by atoms with van der Waals surface area (Å²) in [6.07, 6.45) is 9.18. The first kappa shape index (κ1) is 21.3. The van der Waals surface area contributed by atoms with Gasteiger partial charge in [0.25, 0.3) is 0 Å². The first-order valence-corrected chi connectivity index (χ1v) is 10.3. The molecule has 3 aromatic rings. The minimum atomic E-state index is 0.428. The Hall–Kier alpha value is -3.96. The molecule has 0 unspecified atom stereocenters. The van der Waals surface area contributed by atoms with Crippen molar-refractivity contribution in [2.45, 2.75) is 19.8 Å². The van der Waals surface area contributed by atoms with Crippen molar-refractivity contribution < 1.29 is 4.74 Å². The number of aromatic nitrogens is 4. The number of hydrogen-bond acceptors (Lipinski definition) is 6. The lowest BCUT2D eigenvalue weighted by atomic mass is 9.98. The number of rotatable bonds is 5. The van der Waals surface area contributed by atoms with E-state index in [4.69, 9.17) is 15.5 Å². The zero-order valence-electron chi connectivity index (χ0n) is 18.4. The smallest absolute Gasteiger partial charge is 0.218 e. The van der Waals surface area contributed by atoms with Crippen LogP contribution in [0.25, 0.3) is 11.3 Å². The van der Waals surface area contributed by atoms with Crippen LogP contribution in [0, 0.1) is 11.3 Å². The molecule has 0 saturated heterocycles. The minimum absolute atomic E-state index is 0.428. The summed E-state index contributed by atoms with van der Waals surface area (Å²) < 4.78 is 9.68. The molecule has 8 heteroatoms. The van der Waals surface area contributed by atoms with E-state index in [-0.39, 0.29) is 0 Å². The zero-order valence-corrected chi connectivity index (χ0v) is 18.4. The lowest BCUT2D eigenvalue weighted by Gasteiger charge is -2.15. The summed E-state index contributed by atoms with van der Waals surface area (Å²) in [6.45, 7) is 2.52. The van der Waals surface area contributed by atoms with Crippen LogP contribution in [-0.2, 0) is 14.1 Å². The van der Waals surface area contributed by atoms with E-state index in [9.17, 15) is 5.26 Å². The number of benzene rings is 1. The quantitative estimate of drug-likeness (QED) is 0.665. The summed E-state index contributed by atoms with van der Waals surface area (Å²) in [4.78, 5) is 4.71. The van der Waals surface area contributed by atoms with Crippen LogP contribution in [0.3, 0.4) is 0 Å². The highest BCUT2D eigenvalue weighted by molar-refractivity contribution is 6.03. The molecule has 0 amide bonds. The second-order valence-electron chi connectivity index (χ2n) is 7.79. The minimum Gasteiger partial charge on any atom is -0.439 e. The highest BCUT2D eigenvalue weighted by Gasteiger charge is 2.17. The maximum absolute atomic E-state index is 9.43. The average Bonchev–Trinajstić information content (AvgIpc) is 3.37. The predicted molar refractivity (Wildman–Crippen MR) is 123 cm³/mol. The van der Waals surface area contributed by atoms with Crippen molar-refractivity contribution in [1.82, 2.24) is 19.6 Å². The van der Waals surface area contributed by atoms with Crippen molar-refractivity contribution in [3.63, 3.8) is 0 Å². The highest BCUT2D eigenvalue weighted by Crippen LogP contribution is 2.31. The van der Waals surface area contributed by atoms with Gasteiger partial charge in [0.1, 0.15) is 5.75 Å². The molecule has 162 valence electrons. The topological polar surface area (TPSA) is 107 Å². The standard InChI is InChI=1S/C24H25N7O/c1-16-4-7-21(27-13-18(8-16)12-26)20-6-5-17(11-25)9-23(20)32-24-10-22(29-31(24)3)19-14-28-30(2)15-19/h5-6,8-10,13-15H,4,7,12,26H2,1-3H3/b16-8-,18-13+,27-21+. The second-order valence-corrected chi connectivity index (χ2v) is 7.79. The van der Waals surface area contributed by atoms with Gasteiger partial charge in [0, 0.05) is 50.2 Å². The Kier molecular flexibility index (Phi) is 6.01. The number of hydrogen-bond donors (Lipinski definition) is 1. The molecule has 2 aromatic heterocycles. The van der Waals surface area contributed by atoms with E-state index < -0.39 is 0 Å². The Morgan fingerprint density at radius 1 is 1.22 bits per heavy atom. The molecule has 0 radical (unpaired) electrons. The first-order chi connectivity index (χ1) is 15.5. The van der Waals surface area contributed by atoms with Crippen molar-refractivity contribution in [2.75, 3.05) is 6.54 Å². The van der Waals surface area contributed by atoms with Gasteiger partial charge in [-0.3, -0.25) is 9.67 Å². The Balaban J connectivity index is 1.72. The van der Waals surface area contributed by atoms with E-state index >= 15 is 0 Å². The predicted octanol–water partition coefficient (Wildman–Crippen LogP) is 3.86. The van der Waals surface area contributed by atoms with Crippen molar-refractivity contribution in [1.29, 1.82) is 5.26 Å². The molecule has 2 N–H and O–H groups in total. The van der Waals surface area contributed by atoms with Gasteiger partial charge < -0.3 is 10.5 Å². The van der Waals surface area contributed by atoms with Crippen LogP contribution in [0.15, 0.2) is 65.1 Å². The van der Waals surface area contributed by atoms with Crippen LogP contribution in [-0.4, -0.2) is 31.8 Å². The van der Waals surface area contributed by atoms with Crippen LogP contribution in [0.4, 0.5) is 0 Å². The summed E-state index contributed by atoms with van der Waals surface area (Å²) in [5, 5.41) is 18.2. The fourth-order valence-electron chi connectivity index (χ4n) is 3.55. The van der Waals surface area contributed by atoms with Gasteiger partial charge in [0.05, 0.1) is 29.2 Å². The third kappa shape index (κ3) is 4.53. The number of aryl methyl sites for hydroxylation is 2. The van der Waals surface area contributed by atoms with Gasteiger partial charge in [-0.05, 0) is 43.5 Å². The van der Waals surface area contributed by atoms with E-state index in [2.05, 4.69) is 29.3 Å². The number of nitriles is 1. The summed E-state index contributed by atoms with van der Waals surface area (Å²) in [6, 6.07) is 9.46. The largest absolute Gasteiger partial charge is 0.439 e. The fraction of sp³-hybridized carbons (Fsp3) is 0.250. The lowest BCUT2D eigenvalue weighted by Crippen LogP contribution is -2.08. The summed E-state index contributed by atoms with van der Waals surface area (Å²) >= 11 is 0. The van der Waals surface area contributed by atoms with Gasteiger partial charge >= 0.3 is 0 Å². The average molecular weight is 428 g/mol. The number of aliphatic imine (C=N–C) groups is 1. The van der Waals surface area contributed by atoms with Crippen molar-refractivity contribution in [2.24, 2.45) is 24.8 Å². The number of ether oxygens (including phenoxy) is 1. The van der Waals surface area contributed by atoms with Crippen LogP contribution in [0.5, 0.6) is 11.6 Å². The van der Waals surface area contributed by atoms with E-state index in [0.29, 0.717) is 23.7 Å². The van der Waals surface area contributed by atoms with E-state index in [1.807, 2.05) is 38.6 Å². The molecular formula is C24H25N7O. The van der Waals surface area contributed by atoms with Crippen molar-refractivity contribution in [3.05, 3.63) is 71.2 Å². The normalized spacial score (nSPS) is 18.9. The number of allylic oxidation sites excluding steroid dienone is 1. The Morgan fingerprint density at radius 3 is 2.78 bits per heavy atom. The van der Waals surface area contributed by atoms with E-state index in [1.54, 1.807) is 27.7 Å². The fourth-order valence-corrected chi connectivity index (χ4v) is 3.55.